The molecular weight excluding hydrogens is 426 g/mol. The zero-order valence-electron chi connectivity index (χ0n) is 17.0. The lowest BCUT2D eigenvalue weighted by Crippen LogP contribution is -2.27. The van der Waals surface area contributed by atoms with E-state index in [1.54, 1.807) is 24.3 Å². The van der Waals surface area contributed by atoms with Crippen molar-refractivity contribution in [3.05, 3.63) is 59.7 Å². The van der Waals surface area contributed by atoms with Gasteiger partial charge in [-0.3, -0.25) is 4.79 Å². The smallest absolute Gasteiger partial charge is 0.240 e. The summed E-state index contributed by atoms with van der Waals surface area (Å²) in [5.74, 6) is 0.0463. The van der Waals surface area contributed by atoms with E-state index in [0.29, 0.717) is 13.0 Å². The van der Waals surface area contributed by atoms with Gasteiger partial charge in [0.05, 0.1) is 9.79 Å². The molecule has 0 aliphatic carbocycles. The molecule has 0 aliphatic rings. The molecule has 2 rings (SSSR count). The molecule has 1 amide bonds. The lowest BCUT2D eigenvalue weighted by Gasteiger charge is -2.10. The Morgan fingerprint density at radius 2 is 1.43 bits per heavy atom. The molecule has 2 aromatic carbocycles. The Morgan fingerprint density at radius 3 is 1.97 bits per heavy atom. The fraction of sp³-hybridized carbons (Fsp3) is 0.350. The van der Waals surface area contributed by atoms with Gasteiger partial charge in [-0.2, -0.15) is 0 Å². The summed E-state index contributed by atoms with van der Waals surface area (Å²) in [5.41, 5.74) is 1.60. The predicted molar refractivity (Wildman–Crippen MR) is 114 cm³/mol. The summed E-state index contributed by atoms with van der Waals surface area (Å²) in [7, 11) is -7.27. The van der Waals surface area contributed by atoms with Crippen LogP contribution >= 0.6 is 0 Å². The Bertz CT molecular complexity index is 1060. The lowest BCUT2D eigenvalue weighted by atomic mass is 10.1. The summed E-state index contributed by atoms with van der Waals surface area (Å²) >= 11 is 0. The number of nitrogens with two attached hydrogens (primary N) is 1. The Hall–Kier alpha value is -2.27. The van der Waals surface area contributed by atoms with Crippen molar-refractivity contribution in [3.8, 4) is 0 Å². The van der Waals surface area contributed by atoms with E-state index >= 15 is 0 Å². The topological polar surface area (TPSA) is 135 Å². The maximum absolute atomic E-state index is 12.2. The van der Waals surface area contributed by atoms with Crippen LogP contribution in [0.3, 0.4) is 0 Å². The monoisotopic (exact) mass is 453 g/mol. The van der Waals surface area contributed by atoms with Crippen LogP contribution in [0.4, 0.5) is 0 Å². The summed E-state index contributed by atoms with van der Waals surface area (Å²) < 4.78 is 49.4. The molecule has 0 heterocycles. The molecule has 30 heavy (non-hydrogen) atoms. The van der Waals surface area contributed by atoms with E-state index in [-0.39, 0.29) is 34.6 Å². The predicted octanol–water partition coefficient (Wildman–Crippen LogP) is 1.52. The second-order valence-corrected chi connectivity index (χ2v) is 10.7. The van der Waals surface area contributed by atoms with E-state index in [0.717, 1.165) is 11.1 Å². The number of carbonyl (C=O) groups excluding carboxylic acids is 1. The van der Waals surface area contributed by atoms with Crippen LogP contribution in [0.2, 0.25) is 0 Å². The molecule has 0 aliphatic heterocycles. The second-order valence-electron chi connectivity index (χ2n) is 7.36. The van der Waals surface area contributed by atoms with Crippen molar-refractivity contribution >= 4 is 26.0 Å². The maximum Gasteiger partial charge on any atom is 0.240 e. The fourth-order valence-corrected chi connectivity index (χ4v) is 4.27. The van der Waals surface area contributed by atoms with Crippen molar-refractivity contribution in [2.75, 3.05) is 6.54 Å². The summed E-state index contributed by atoms with van der Waals surface area (Å²) in [6.45, 7) is 4.49. The third kappa shape index (κ3) is 7.52. The Kier molecular flexibility index (Phi) is 8.13. The lowest BCUT2D eigenvalue weighted by molar-refractivity contribution is -0.121. The highest BCUT2D eigenvalue weighted by Gasteiger charge is 2.14. The van der Waals surface area contributed by atoms with Gasteiger partial charge in [0.25, 0.3) is 0 Å². The quantitative estimate of drug-likeness (QED) is 0.501. The van der Waals surface area contributed by atoms with Gasteiger partial charge in [0, 0.05) is 19.5 Å². The van der Waals surface area contributed by atoms with Crippen LogP contribution in [0, 0.1) is 5.92 Å². The summed E-state index contributed by atoms with van der Waals surface area (Å²) in [6, 6.07) is 12.4. The molecule has 2 aromatic rings. The van der Waals surface area contributed by atoms with Gasteiger partial charge in [-0.05, 0) is 47.7 Å². The minimum Gasteiger partial charge on any atom is -0.352 e. The van der Waals surface area contributed by atoms with Crippen LogP contribution in [0.15, 0.2) is 58.3 Å². The van der Waals surface area contributed by atoms with E-state index < -0.39 is 20.0 Å². The Morgan fingerprint density at radius 1 is 0.900 bits per heavy atom. The summed E-state index contributed by atoms with van der Waals surface area (Å²) in [6.07, 6.45) is 0.711. The zero-order chi connectivity index (χ0) is 22.4. The molecule has 0 atom stereocenters. The minimum atomic E-state index is -3.74. The van der Waals surface area contributed by atoms with E-state index in [2.05, 4.69) is 10.0 Å². The van der Waals surface area contributed by atoms with Gasteiger partial charge < -0.3 is 5.32 Å². The number of hydrogen-bond donors (Lipinski definition) is 3. The first-order valence-electron chi connectivity index (χ1n) is 9.44. The van der Waals surface area contributed by atoms with E-state index in [4.69, 9.17) is 5.14 Å². The average molecular weight is 454 g/mol. The third-order valence-electron chi connectivity index (χ3n) is 4.30. The van der Waals surface area contributed by atoms with Crippen molar-refractivity contribution < 1.29 is 21.6 Å². The SMILES string of the molecule is CC(C)CNS(=O)(=O)c1ccc(CCC(=O)NCc2ccc(S(N)(=O)=O)cc2)cc1. The molecule has 4 N–H and O–H groups in total. The standard InChI is InChI=1S/C20H27N3O5S2/c1-15(2)13-23-30(27,28)19-10-3-16(4-11-19)7-12-20(24)22-14-17-5-8-18(9-6-17)29(21,25)26/h3-6,8-11,15,23H,7,12-14H2,1-2H3,(H,22,24)(H2,21,25,26). The van der Waals surface area contributed by atoms with E-state index in [9.17, 15) is 21.6 Å². The summed E-state index contributed by atoms with van der Waals surface area (Å²) in [5, 5.41) is 7.81. The van der Waals surface area contributed by atoms with Crippen molar-refractivity contribution in [2.45, 2.75) is 43.0 Å². The van der Waals surface area contributed by atoms with Crippen LogP contribution < -0.4 is 15.2 Å². The Balaban J connectivity index is 1.83. The average Bonchev–Trinajstić information content (AvgIpc) is 2.69. The number of carbonyl (C=O) groups is 1. The molecule has 0 radical (unpaired) electrons. The molecule has 8 nitrogen and oxygen atoms in total. The second kappa shape index (κ2) is 10.2. The molecule has 0 fully saturated rings. The van der Waals surface area contributed by atoms with Gasteiger partial charge in [0.2, 0.25) is 26.0 Å². The van der Waals surface area contributed by atoms with E-state index in [1.165, 1.54) is 24.3 Å². The number of sulfonamides is 2. The molecule has 0 aromatic heterocycles. The number of hydrogen-bond acceptors (Lipinski definition) is 5. The molecule has 0 saturated carbocycles. The first-order valence-corrected chi connectivity index (χ1v) is 12.5. The van der Waals surface area contributed by atoms with Crippen molar-refractivity contribution in [1.82, 2.24) is 10.0 Å². The van der Waals surface area contributed by atoms with Crippen LogP contribution in [0.1, 0.15) is 31.4 Å². The van der Waals surface area contributed by atoms with Gasteiger partial charge >= 0.3 is 0 Å². The molecule has 10 heteroatoms. The van der Waals surface area contributed by atoms with Crippen molar-refractivity contribution in [2.24, 2.45) is 11.1 Å². The molecule has 0 saturated heterocycles. The molecule has 164 valence electrons. The van der Waals surface area contributed by atoms with E-state index in [1.807, 2.05) is 13.8 Å². The molecule has 0 spiro atoms. The number of amides is 1. The maximum atomic E-state index is 12.2. The van der Waals surface area contributed by atoms with Gasteiger partial charge in [-0.25, -0.2) is 26.7 Å². The van der Waals surface area contributed by atoms with Crippen LogP contribution in [-0.2, 0) is 37.8 Å². The minimum absolute atomic E-state index is 0.0162. The number of primary sulfonamides is 1. The fourth-order valence-electron chi connectivity index (χ4n) is 2.54. The van der Waals surface area contributed by atoms with Gasteiger partial charge in [0.1, 0.15) is 0 Å². The first-order chi connectivity index (χ1) is 14.0. The largest absolute Gasteiger partial charge is 0.352 e. The van der Waals surface area contributed by atoms with Crippen LogP contribution in [-0.4, -0.2) is 29.3 Å². The number of nitrogens with one attached hydrogen (secondary N) is 2. The normalized spacial score (nSPS) is 12.1. The van der Waals surface area contributed by atoms with Crippen LogP contribution in [0.25, 0.3) is 0 Å². The van der Waals surface area contributed by atoms with Gasteiger partial charge in [-0.1, -0.05) is 38.1 Å². The number of benzene rings is 2. The summed E-state index contributed by atoms with van der Waals surface area (Å²) in [4.78, 5) is 12.3. The highest BCUT2D eigenvalue weighted by molar-refractivity contribution is 7.89. The number of aryl methyl sites for hydroxylation is 1. The van der Waals surface area contributed by atoms with Gasteiger partial charge in [0.15, 0.2) is 0 Å². The number of rotatable bonds is 10. The Labute approximate surface area is 178 Å². The molecule has 0 unspecified atom stereocenters. The van der Waals surface area contributed by atoms with Crippen molar-refractivity contribution in [1.29, 1.82) is 0 Å². The zero-order valence-corrected chi connectivity index (χ0v) is 18.6. The van der Waals surface area contributed by atoms with Gasteiger partial charge in [-0.15, -0.1) is 0 Å². The third-order valence-corrected chi connectivity index (χ3v) is 6.67. The van der Waals surface area contributed by atoms with Crippen molar-refractivity contribution in [3.63, 3.8) is 0 Å². The molecular formula is C20H27N3O5S2. The highest BCUT2D eigenvalue weighted by Crippen LogP contribution is 2.13. The van der Waals surface area contributed by atoms with Crippen LogP contribution in [0.5, 0.6) is 0 Å². The first kappa shape index (κ1) is 24.0. The highest BCUT2D eigenvalue weighted by atomic mass is 32.2. The molecule has 0 bridgehead atoms.